The second kappa shape index (κ2) is 5.42. The molecule has 2 rings (SSSR count). The minimum atomic E-state index is 0.212. The van der Waals surface area contributed by atoms with Crippen LogP contribution in [0.25, 0.3) is 0 Å². The molecule has 1 aliphatic rings. The first-order valence-electron chi connectivity index (χ1n) is 6.42. The van der Waals surface area contributed by atoms with Crippen molar-refractivity contribution >= 4 is 13.5 Å². The average molecular weight is 213 g/mol. The number of fused-ring (bicyclic) bond motifs is 1. The third-order valence-corrected chi connectivity index (χ3v) is 3.41. The Bertz CT molecular complexity index is 337. The molecule has 1 aromatic rings. The normalized spacial score (nSPS) is 23.6. The zero-order valence-electron chi connectivity index (χ0n) is 10.1. The van der Waals surface area contributed by atoms with Crippen molar-refractivity contribution in [2.24, 2.45) is 0 Å². The summed E-state index contributed by atoms with van der Waals surface area (Å²) in [6.07, 6.45) is 6.24. The number of hydrogen-bond donors (Lipinski definition) is 1. The zero-order valence-corrected chi connectivity index (χ0v) is 10.1. The Labute approximate surface area is 100 Å². The van der Waals surface area contributed by atoms with Crippen molar-refractivity contribution in [3.63, 3.8) is 0 Å². The van der Waals surface area contributed by atoms with Gasteiger partial charge in [0.25, 0.3) is 0 Å². The molecule has 2 unspecified atom stereocenters. The fraction of sp³-hybridized carbons (Fsp3) is 0.571. The molecule has 16 heavy (non-hydrogen) atoms. The van der Waals surface area contributed by atoms with E-state index in [1.807, 2.05) is 0 Å². The Morgan fingerprint density at radius 1 is 1.31 bits per heavy atom. The zero-order chi connectivity index (χ0) is 11.4. The highest BCUT2D eigenvalue weighted by Crippen LogP contribution is 2.33. The van der Waals surface area contributed by atoms with Crippen LogP contribution in [0.4, 0.5) is 5.69 Å². The maximum absolute atomic E-state index is 6.20. The lowest BCUT2D eigenvalue weighted by atomic mass is 9.73. The summed E-state index contributed by atoms with van der Waals surface area (Å²) in [5.41, 5.74) is 2.51. The maximum atomic E-state index is 6.20. The summed E-state index contributed by atoms with van der Waals surface area (Å²) in [4.78, 5) is 0. The fourth-order valence-corrected chi connectivity index (χ4v) is 2.49. The molecule has 1 aliphatic heterocycles. The van der Waals surface area contributed by atoms with Crippen LogP contribution < -0.4 is 5.32 Å². The lowest BCUT2D eigenvalue weighted by molar-refractivity contribution is 0.537. The van der Waals surface area contributed by atoms with Gasteiger partial charge in [-0.3, -0.25) is 0 Å². The fourth-order valence-electron chi connectivity index (χ4n) is 2.49. The molecular weight excluding hydrogens is 193 g/mol. The summed E-state index contributed by atoms with van der Waals surface area (Å²) in [5, 5.41) is 3.61. The molecule has 0 bridgehead atoms. The lowest BCUT2D eigenvalue weighted by Gasteiger charge is -2.31. The Morgan fingerprint density at radius 2 is 2.12 bits per heavy atom. The first kappa shape index (κ1) is 11.6. The van der Waals surface area contributed by atoms with E-state index in [0.29, 0.717) is 6.04 Å². The molecule has 84 valence electrons. The largest absolute Gasteiger partial charge is 0.382 e. The van der Waals surface area contributed by atoms with E-state index in [9.17, 15) is 0 Å². The minimum Gasteiger partial charge on any atom is -0.382 e. The van der Waals surface area contributed by atoms with Crippen LogP contribution in [0, 0.1) is 0 Å². The first-order chi connectivity index (χ1) is 7.81. The molecule has 1 aromatic carbocycles. The quantitative estimate of drug-likeness (QED) is 0.594. The van der Waals surface area contributed by atoms with E-state index in [1.54, 1.807) is 0 Å². The SMILES string of the molecule is [B]C1CC(CCCCC)Nc2ccccc21. The van der Waals surface area contributed by atoms with Crippen LogP contribution in [0.3, 0.4) is 0 Å². The molecule has 0 saturated heterocycles. The van der Waals surface area contributed by atoms with Crippen LogP contribution in [0.5, 0.6) is 0 Å². The summed E-state index contributed by atoms with van der Waals surface area (Å²) in [7, 11) is 6.20. The van der Waals surface area contributed by atoms with Gasteiger partial charge in [0.1, 0.15) is 0 Å². The van der Waals surface area contributed by atoms with Gasteiger partial charge in [-0.25, -0.2) is 0 Å². The highest BCUT2D eigenvalue weighted by Gasteiger charge is 2.21. The van der Waals surface area contributed by atoms with Crippen LogP contribution in [-0.4, -0.2) is 13.9 Å². The molecule has 2 radical (unpaired) electrons. The summed E-state index contributed by atoms with van der Waals surface area (Å²) in [6, 6.07) is 8.98. The van der Waals surface area contributed by atoms with Crippen molar-refractivity contribution < 1.29 is 0 Å². The molecule has 0 spiro atoms. The van der Waals surface area contributed by atoms with Crippen molar-refractivity contribution in [1.82, 2.24) is 0 Å². The summed E-state index contributed by atoms with van der Waals surface area (Å²) >= 11 is 0. The molecule has 0 fully saturated rings. The van der Waals surface area contributed by atoms with Crippen molar-refractivity contribution in [3.8, 4) is 0 Å². The van der Waals surface area contributed by atoms with E-state index in [2.05, 4.69) is 36.5 Å². The standard InChI is InChI=1S/C14H20BN/c1-2-3-4-7-11-10-13(15)12-8-5-6-9-14(12)16-11/h5-6,8-9,11,13,16H,2-4,7,10H2,1H3. The predicted octanol–water partition coefficient (Wildman–Crippen LogP) is 3.66. The molecule has 1 heterocycles. The van der Waals surface area contributed by atoms with E-state index in [1.165, 1.54) is 36.9 Å². The number of unbranched alkanes of at least 4 members (excludes halogenated alkanes) is 2. The lowest BCUT2D eigenvalue weighted by Crippen LogP contribution is -2.28. The molecular formula is C14H20BN. The van der Waals surface area contributed by atoms with Gasteiger partial charge in [-0.05, 0) is 30.3 Å². The molecule has 1 nitrogen and oxygen atoms in total. The van der Waals surface area contributed by atoms with Crippen LogP contribution >= 0.6 is 0 Å². The monoisotopic (exact) mass is 213 g/mol. The molecule has 0 aliphatic carbocycles. The number of benzene rings is 1. The van der Waals surface area contributed by atoms with Gasteiger partial charge in [-0.1, -0.05) is 44.4 Å². The van der Waals surface area contributed by atoms with E-state index >= 15 is 0 Å². The Morgan fingerprint density at radius 3 is 2.94 bits per heavy atom. The molecule has 2 atom stereocenters. The highest BCUT2D eigenvalue weighted by atomic mass is 14.9. The number of hydrogen-bond acceptors (Lipinski definition) is 1. The number of rotatable bonds is 4. The Hall–Kier alpha value is -0.915. The predicted molar refractivity (Wildman–Crippen MR) is 71.1 cm³/mol. The van der Waals surface area contributed by atoms with Gasteiger partial charge in [0.15, 0.2) is 0 Å². The summed E-state index contributed by atoms with van der Waals surface area (Å²) < 4.78 is 0. The van der Waals surface area contributed by atoms with Gasteiger partial charge in [-0.15, -0.1) is 0 Å². The van der Waals surface area contributed by atoms with Crippen LogP contribution in [-0.2, 0) is 0 Å². The number of nitrogens with one attached hydrogen (secondary N) is 1. The van der Waals surface area contributed by atoms with Crippen LogP contribution in [0.1, 0.15) is 50.4 Å². The van der Waals surface area contributed by atoms with E-state index in [4.69, 9.17) is 7.85 Å². The van der Waals surface area contributed by atoms with Crippen LogP contribution in [0.15, 0.2) is 24.3 Å². The average Bonchev–Trinajstić information content (AvgIpc) is 2.30. The third-order valence-electron chi connectivity index (χ3n) is 3.41. The van der Waals surface area contributed by atoms with E-state index in [-0.39, 0.29) is 5.82 Å². The summed E-state index contributed by atoms with van der Waals surface area (Å²) in [5.74, 6) is 0.212. The topological polar surface area (TPSA) is 12.0 Å². The maximum Gasteiger partial charge on any atom is 0.0765 e. The van der Waals surface area contributed by atoms with Crippen LogP contribution in [0.2, 0.25) is 0 Å². The van der Waals surface area contributed by atoms with Gasteiger partial charge in [0.2, 0.25) is 0 Å². The van der Waals surface area contributed by atoms with Gasteiger partial charge in [0, 0.05) is 11.7 Å². The van der Waals surface area contributed by atoms with Gasteiger partial charge >= 0.3 is 0 Å². The Kier molecular flexibility index (Phi) is 3.92. The molecule has 0 saturated carbocycles. The van der Waals surface area contributed by atoms with Crippen molar-refractivity contribution in [2.45, 2.75) is 50.9 Å². The van der Waals surface area contributed by atoms with Gasteiger partial charge < -0.3 is 5.32 Å². The van der Waals surface area contributed by atoms with E-state index < -0.39 is 0 Å². The molecule has 1 N–H and O–H groups in total. The summed E-state index contributed by atoms with van der Waals surface area (Å²) in [6.45, 7) is 2.25. The third kappa shape index (κ3) is 2.60. The molecule has 0 aromatic heterocycles. The highest BCUT2D eigenvalue weighted by molar-refractivity contribution is 6.13. The van der Waals surface area contributed by atoms with Crippen molar-refractivity contribution in [2.75, 3.05) is 5.32 Å². The molecule has 2 heteroatoms. The molecule has 0 amide bonds. The van der Waals surface area contributed by atoms with Gasteiger partial charge in [0.05, 0.1) is 7.85 Å². The number of para-hydroxylation sites is 1. The number of anilines is 1. The van der Waals surface area contributed by atoms with Crippen molar-refractivity contribution in [1.29, 1.82) is 0 Å². The second-order valence-electron chi connectivity index (χ2n) is 4.77. The smallest absolute Gasteiger partial charge is 0.0765 e. The van der Waals surface area contributed by atoms with E-state index in [0.717, 1.165) is 6.42 Å². The van der Waals surface area contributed by atoms with Crippen molar-refractivity contribution in [3.05, 3.63) is 29.8 Å². The first-order valence-corrected chi connectivity index (χ1v) is 6.42. The minimum absolute atomic E-state index is 0.212. The second-order valence-corrected chi connectivity index (χ2v) is 4.77. The van der Waals surface area contributed by atoms with Gasteiger partial charge in [-0.2, -0.15) is 0 Å². The Balaban J connectivity index is 1.98.